The maximum Gasteiger partial charge on any atom is 0.322 e. The van der Waals surface area contributed by atoms with Crippen LogP contribution in [0.5, 0.6) is 0 Å². The Bertz CT molecular complexity index is 461. The zero-order chi connectivity index (χ0) is 9.97. The van der Waals surface area contributed by atoms with Crippen molar-refractivity contribution in [3.05, 3.63) is 30.5 Å². The second kappa shape index (κ2) is 3.41. The molecule has 2 aromatic rings. The maximum atomic E-state index is 10.3. The van der Waals surface area contributed by atoms with Gasteiger partial charge < -0.3 is 14.8 Å². The lowest BCUT2D eigenvalue weighted by Crippen LogP contribution is -2.11. The third-order valence-electron chi connectivity index (χ3n) is 1.91. The number of nitrogens with one attached hydrogen (secondary N) is 1. The Balaban J connectivity index is 2.29. The molecule has 0 unspecified atom stereocenters. The maximum absolute atomic E-state index is 10.3. The molecule has 0 radical (unpaired) electrons. The predicted molar refractivity (Wildman–Crippen MR) is 52.3 cm³/mol. The van der Waals surface area contributed by atoms with Crippen molar-refractivity contribution in [2.24, 2.45) is 0 Å². The minimum atomic E-state index is -0.893. The summed E-state index contributed by atoms with van der Waals surface area (Å²) in [6.45, 7) is -0.108. The molecule has 4 nitrogen and oxygen atoms in total. The Labute approximate surface area is 80.1 Å². The van der Waals surface area contributed by atoms with E-state index in [0.29, 0.717) is 5.69 Å². The molecule has 1 heterocycles. The Kier molecular flexibility index (Phi) is 2.10. The minimum Gasteiger partial charge on any atom is -0.480 e. The zero-order valence-electron chi connectivity index (χ0n) is 7.36. The summed E-state index contributed by atoms with van der Waals surface area (Å²) in [7, 11) is 0. The molecule has 0 saturated heterocycles. The average Bonchev–Trinajstić information content (AvgIpc) is 2.58. The van der Waals surface area contributed by atoms with Gasteiger partial charge in [0.05, 0.1) is 5.69 Å². The lowest BCUT2D eigenvalue weighted by atomic mass is 10.2. The van der Waals surface area contributed by atoms with E-state index in [1.165, 1.54) is 6.26 Å². The molecule has 2 N–H and O–H groups in total. The largest absolute Gasteiger partial charge is 0.480 e. The Morgan fingerprint density at radius 3 is 3.00 bits per heavy atom. The lowest BCUT2D eigenvalue weighted by Gasteiger charge is -1.98. The van der Waals surface area contributed by atoms with Crippen LogP contribution in [-0.4, -0.2) is 17.6 Å². The number of carboxylic acid groups (broad SMARTS) is 1. The first-order valence-electron chi connectivity index (χ1n) is 4.19. The lowest BCUT2D eigenvalue weighted by molar-refractivity contribution is -0.134. The quantitative estimate of drug-likeness (QED) is 0.778. The molecular formula is C10H9NO3. The van der Waals surface area contributed by atoms with Crippen molar-refractivity contribution in [2.75, 3.05) is 11.9 Å². The summed E-state index contributed by atoms with van der Waals surface area (Å²) < 4.78 is 5.23. The highest BCUT2D eigenvalue weighted by Crippen LogP contribution is 2.24. The topological polar surface area (TPSA) is 62.5 Å². The molecule has 4 heteroatoms. The molecule has 0 amide bonds. The van der Waals surface area contributed by atoms with Gasteiger partial charge in [-0.1, -0.05) is 12.1 Å². The number of furan rings is 1. The minimum absolute atomic E-state index is 0.108. The molecule has 0 aliphatic rings. The Morgan fingerprint density at radius 2 is 2.21 bits per heavy atom. The highest BCUT2D eigenvalue weighted by atomic mass is 16.4. The molecular weight excluding hydrogens is 182 g/mol. The third-order valence-corrected chi connectivity index (χ3v) is 1.91. The summed E-state index contributed by atoms with van der Waals surface area (Å²) in [6.07, 6.45) is 1.52. The van der Waals surface area contributed by atoms with Crippen molar-refractivity contribution in [3.8, 4) is 0 Å². The van der Waals surface area contributed by atoms with Crippen LogP contribution in [0.3, 0.4) is 0 Å². The highest BCUT2D eigenvalue weighted by Gasteiger charge is 2.05. The zero-order valence-corrected chi connectivity index (χ0v) is 7.36. The number of carboxylic acids is 1. The van der Waals surface area contributed by atoms with Gasteiger partial charge in [0.15, 0.2) is 0 Å². The molecule has 1 aromatic carbocycles. The first-order valence-corrected chi connectivity index (χ1v) is 4.19. The van der Waals surface area contributed by atoms with E-state index in [2.05, 4.69) is 5.32 Å². The molecule has 0 aliphatic heterocycles. The van der Waals surface area contributed by atoms with E-state index in [4.69, 9.17) is 9.52 Å². The van der Waals surface area contributed by atoms with Crippen LogP contribution in [0.15, 0.2) is 34.9 Å². The molecule has 0 fully saturated rings. The monoisotopic (exact) mass is 191 g/mol. The van der Waals surface area contributed by atoms with Crippen LogP contribution in [-0.2, 0) is 4.79 Å². The van der Waals surface area contributed by atoms with E-state index in [0.717, 1.165) is 11.0 Å². The van der Waals surface area contributed by atoms with Gasteiger partial charge >= 0.3 is 5.97 Å². The van der Waals surface area contributed by atoms with E-state index in [9.17, 15) is 4.79 Å². The van der Waals surface area contributed by atoms with Crippen molar-refractivity contribution in [1.29, 1.82) is 0 Å². The van der Waals surface area contributed by atoms with Crippen LogP contribution in [0.25, 0.3) is 11.0 Å². The number of hydrogen-bond donors (Lipinski definition) is 2. The highest BCUT2D eigenvalue weighted by molar-refractivity contribution is 5.91. The summed E-state index contributed by atoms with van der Waals surface area (Å²) in [6, 6.07) is 7.46. The predicted octanol–water partition coefficient (Wildman–Crippen LogP) is 1.93. The number of hydrogen-bond acceptors (Lipinski definition) is 3. The number of benzene rings is 1. The number of para-hydroxylation sites is 1. The van der Waals surface area contributed by atoms with Gasteiger partial charge in [0, 0.05) is 5.39 Å². The van der Waals surface area contributed by atoms with Gasteiger partial charge in [-0.25, -0.2) is 0 Å². The molecule has 0 aliphatic carbocycles. The molecule has 0 saturated carbocycles. The fourth-order valence-electron chi connectivity index (χ4n) is 1.29. The third kappa shape index (κ3) is 1.54. The SMILES string of the molecule is O=C(O)CNc1coc2ccccc12. The first-order chi connectivity index (χ1) is 6.77. The van der Waals surface area contributed by atoms with Crippen LogP contribution < -0.4 is 5.32 Å². The fraction of sp³-hybridized carbons (Fsp3) is 0.100. The van der Waals surface area contributed by atoms with Gasteiger partial charge in [-0.3, -0.25) is 4.79 Å². The van der Waals surface area contributed by atoms with Crippen LogP contribution in [0.1, 0.15) is 0 Å². The van der Waals surface area contributed by atoms with E-state index < -0.39 is 5.97 Å². The van der Waals surface area contributed by atoms with E-state index in [1.54, 1.807) is 0 Å². The van der Waals surface area contributed by atoms with Gasteiger partial charge in [-0.05, 0) is 12.1 Å². The number of carbonyl (C=O) groups is 1. The molecule has 0 atom stereocenters. The smallest absolute Gasteiger partial charge is 0.322 e. The average molecular weight is 191 g/mol. The summed E-state index contributed by atoms with van der Waals surface area (Å²) in [5.41, 5.74) is 1.46. The van der Waals surface area contributed by atoms with Gasteiger partial charge in [0.2, 0.25) is 0 Å². The fourth-order valence-corrected chi connectivity index (χ4v) is 1.29. The number of aliphatic carboxylic acids is 1. The molecule has 14 heavy (non-hydrogen) atoms. The Morgan fingerprint density at radius 1 is 1.43 bits per heavy atom. The molecule has 2 rings (SSSR count). The molecule has 1 aromatic heterocycles. The van der Waals surface area contributed by atoms with Crippen LogP contribution >= 0.6 is 0 Å². The van der Waals surface area contributed by atoms with Crippen molar-refractivity contribution >= 4 is 22.6 Å². The molecule has 72 valence electrons. The second-order valence-corrected chi connectivity index (χ2v) is 2.89. The second-order valence-electron chi connectivity index (χ2n) is 2.89. The molecule has 0 bridgehead atoms. The number of anilines is 1. The van der Waals surface area contributed by atoms with Crippen LogP contribution in [0, 0.1) is 0 Å². The van der Waals surface area contributed by atoms with Gasteiger partial charge in [-0.2, -0.15) is 0 Å². The summed E-state index contributed by atoms with van der Waals surface area (Å²) >= 11 is 0. The standard InChI is InChI=1S/C10H9NO3/c12-10(13)5-11-8-6-14-9-4-2-1-3-7(8)9/h1-4,6,11H,5H2,(H,12,13). The summed E-state index contributed by atoms with van der Waals surface area (Å²) in [5.74, 6) is -0.893. The van der Waals surface area contributed by atoms with Gasteiger partial charge in [0.1, 0.15) is 18.4 Å². The summed E-state index contributed by atoms with van der Waals surface area (Å²) in [5, 5.41) is 12.2. The van der Waals surface area contributed by atoms with E-state index >= 15 is 0 Å². The van der Waals surface area contributed by atoms with Crippen molar-refractivity contribution < 1.29 is 14.3 Å². The first kappa shape index (κ1) is 8.62. The van der Waals surface area contributed by atoms with Gasteiger partial charge in [0.25, 0.3) is 0 Å². The molecule has 0 spiro atoms. The normalized spacial score (nSPS) is 10.3. The summed E-state index contributed by atoms with van der Waals surface area (Å²) in [4.78, 5) is 10.3. The van der Waals surface area contributed by atoms with E-state index in [-0.39, 0.29) is 6.54 Å². The van der Waals surface area contributed by atoms with Crippen LogP contribution in [0.4, 0.5) is 5.69 Å². The van der Waals surface area contributed by atoms with Gasteiger partial charge in [-0.15, -0.1) is 0 Å². The van der Waals surface area contributed by atoms with Crippen molar-refractivity contribution in [1.82, 2.24) is 0 Å². The van der Waals surface area contributed by atoms with Crippen LogP contribution in [0.2, 0.25) is 0 Å². The van der Waals surface area contributed by atoms with Crippen molar-refractivity contribution in [3.63, 3.8) is 0 Å². The Hall–Kier alpha value is -1.97. The van der Waals surface area contributed by atoms with E-state index in [1.807, 2.05) is 24.3 Å². The van der Waals surface area contributed by atoms with Crippen molar-refractivity contribution in [2.45, 2.75) is 0 Å². The number of rotatable bonds is 3. The number of fused-ring (bicyclic) bond motifs is 1.